The molecule has 0 aromatic carbocycles. The number of nitrogens with two attached hydrogens (primary N) is 1. The van der Waals surface area contributed by atoms with Gasteiger partial charge in [-0.25, -0.2) is 0 Å². The van der Waals surface area contributed by atoms with Gasteiger partial charge in [-0.3, -0.25) is 4.68 Å². The molecule has 0 aliphatic heterocycles. The van der Waals surface area contributed by atoms with Gasteiger partial charge < -0.3 is 5.73 Å². The van der Waals surface area contributed by atoms with Crippen molar-refractivity contribution >= 4 is 0 Å². The van der Waals surface area contributed by atoms with Crippen LogP contribution in [0, 0.1) is 13.8 Å². The van der Waals surface area contributed by atoms with Crippen molar-refractivity contribution in [2.45, 2.75) is 48.1 Å². The lowest BCUT2D eigenvalue weighted by Crippen LogP contribution is -1.99. The quantitative estimate of drug-likeness (QED) is 0.755. The Morgan fingerprint density at radius 2 is 1.57 bits per heavy atom. The Balaban J connectivity index is 0. The van der Waals surface area contributed by atoms with Crippen molar-refractivity contribution in [2.24, 2.45) is 12.8 Å². The molecule has 0 atom stereocenters. The summed E-state index contributed by atoms with van der Waals surface area (Å²) >= 11 is 0. The smallest absolute Gasteiger partial charge is 0.0792 e. The molecule has 0 aliphatic rings. The molecule has 14 heavy (non-hydrogen) atoms. The highest BCUT2D eigenvalue weighted by atomic mass is 15.3. The second kappa shape index (κ2) is 8.75. The first-order valence-corrected chi connectivity index (χ1v) is 5.36. The van der Waals surface area contributed by atoms with E-state index >= 15 is 0 Å². The second-order valence-corrected chi connectivity index (χ2v) is 2.48. The molecule has 0 radical (unpaired) electrons. The van der Waals surface area contributed by atoms with Crippen molar-refractivity contribution < 1.29 is 0 Å². The Morgan fingerprint density at radius 3 is 1.71 bits per heavy atom. The monoisotopic (exact) mass is 199 g/mol. The van der Waals surface area contributed by atoms with Gasteiger partial charge in [-0.2, -0.15) is 5.10 Å². The highest BCUT2D eigenvalue weighted by molar-refractivity contribution is 5.22. The first-order chi connectivity index (χ1) is 6.66. The van der Waals surface area contributed by atoms with Crippen LogP contribution in [0.15, 0.2) is 0 Å². The lowest BCUT2D eigenvalue weighted by atomic mass is 10.2. The van der Waals surface area contributed by atoms with E-state index < -0.39 is 0 Å². The van der Waals surface area contributed by atoms with E-state index in [4.69, 9.17) is 5.73 Å². The van der Waals surface area contributed by atoms with Crippen molar-refractivity contribution in [3.63, 3.8) is 0 Å². The van der Waals surface area contributed by atoms with Crippen LogP contribution >= 0.6 is 0 Å². The molecule has 0 aliphatic carbocycles. The number of hydrogen-bond acceptors (Lipinski definition) is 2. The molecule has 0 saturated heterocycles. The van der Waals surface area contributed by atoms with Crippen molar-refractivity contribution in [2.75, 3.05) is 0 Å². The zero-order chi connectivity index (χ0) is 11.7. The predicted molar refractivity (Wildman–Crippen MR) is 63.3 cm³/mol. The number of aromatic nitrogens is 2. The lowest BCUT2D eigenvalue weighted by molar-refractivity contribution is 0.720. The Labute approximate surface area is 88.3 Å². The highest BCUT2D eigenvalue weighted by Gasteiger charge is 2.04. The van der Waals surface area contributed by atoms with Crippen LogP contribution in [0.2, 0.25) is 0 Å². The molecule has 84 valence electrons. The van der Waals surface area contributed by atoms with Gasteiger partial charge in [0.05, 0.1) is 5.69 Å². The second-order valence-electron chi connectivity index (χ2n) is 2.48. The third kappa shape index (κ3) is 3.92. The van der Waals surface area contributed by atoms with Gasteiger partial charge in [0.15, 0.2) is 0 Å². The maximum atomic E-state index is 5.46. The molecule has 3 heteroatoms. The Morgan fingerprint density at radius 1 is 1.14 bits per heavy atom. The largest absolute Gasteiger partial charge is 0.325 e. The van der Waals surface area contributed by atoms with Gasteiger partial charge in [-0.05, 0) is 19.4 Å². The summed E-state index contributed by atoms with van der Waals surface area (Å²) < 4.78 is 1.86. The standard InChI is InChI=1S/C7H13N3.2C2H6/c1-5-6(2)10(3)9-7(5)4-8;2*1-2/h4,8H2,1-3H3;2*1-2H3. The third-order valence-electron chi connectivity index (χ3n) is 1.93. The maximum absolute atomic E-state index is 5.46. The summed E-state index contributed by atoms with van der Waals surface area (Å²) in [6.45, 7) is 12.6. The van der Waals surface area contributed by atoms with E-state index in [0.29, 0.717) is 6.54 Å². The van der Waals surface area contributed by atoms with Gasteiger partial charge >= 0.3 is 0 Å². The SMILES string of the molecule is CC.CC.Cc1c(CN)nn(C)c1C. The fourth-order valence-electron chi connectivity index (χ4n) is 0.977. The van der Waals surface area contributed by atoms with Gasteiger partial charge in [0, 0.05) is 19.3 Å². The average Bonchev–Trinajstić information content (AvgIpc) is 2.51. The van der Waals surface area contributed by atoms with E-state index in [0.717, 1.165) is 5.69 Å². The normalized spacial score (nSPS) is 8.29. The average molecular weight is 199 g/mol. The Bertz CT molecular complexity index is 239. The molecular weight excluding hydrogens is 174 g/mol. The van der Waals surface area contributed by atoms with Crippen molar-refractivity contribution in [3.05, 3.63) is 17.0 Å². The first kappa shape index (κ1) is 15.6. The van der Waals surface area contributed by atoms with E-state index in [2.05, 4.69) is 5.10 Å². The van der Waals surface area contributed by atoms with E-state index in [1.54, 1.807) is 0 Å². The molecular formula is C11H25N3. The maximum Gasteiger partial charge on any atom is 0.0792 e. The molecule has 2 N–H and O–H groups in total. The van der Waals surface area contributed by atoms with E-state index in [-0.39, 0.29) is 0 Å². The molecule has 0 fully saturated rings. The minimum absolute atomic E-state index is 0.535. The van der Waals surface area contributed by atoms with Crippen LogP contribution in [0.1, 0.15) is 44.6 Å². The predicted octanol–water partition coefficient (Wildman–Crippen LogP) is 2.55. The summed E-state index contributed by atoms with van der Waals surface area (Å²) in [7, 11) is 1.93. The summed E-state index contributed by atoms with van der Waals surface area (Å²) in [5, 5.41) is 4.22. The molecule has 0 amide bonds. The summed E-state index contributed by atoms with van der Waals surface area (Å²) in [5.74, 6) is 0. The summed E-state index contributed by atoms with van der Waals surface area (Å²) in [6.07, 6.45) is 0. The number of aryl methyl sites for hydroxylation is 1. The molecule has 1 rings (SSSR count). The molecule has 3 nitrogen and oxygen atoms in total. The summed E-state index contributed by atoms with van der Waals surface area (Å²) in [5.41, 5.74) is 8.86. The Kier molecular flexibility index (Phi) is 9.78. The van der Waals surface area contributed by atoms with Crippen LogP contribution in [0.4, 0.5) is 0 Å². The Hall–Kier alpha value is -0.830. The zero-order valence-electron chi connectivity index (χ0n) is 10.7. The molecule has 0 unspecified atom stereocenters. The lowest BCUT2D eigenvalue weighted by Gasteiger charge is -1.91. The fraction of sp³-hybridized carbons (Fsp3) is 0.727. The first-order valence-electron chi connectivity index (χ1n) is 5.36. The van der Waals surface area contributed by atoms with Crippen molar-refractivity contribution in [1.82, 2.24) is 9.78 Å². The van der Waals surface area contributed by atoms with Crippen LogP contribution in [-0.4, -0.2) is 9.78 Å². The van der Waals surface area contributed by atoms with E-state index in [1.165, 1.54) is 11.3 Å². The van der Waals surface area contributed by atoms with Crippen LogP contribution < -0.4 is 5.73 Å². The molecule has 1 heterocycles. The highest BCUT2D eigenvalue weighted by Crippen LogP contribution is 2.09. The van der Waals surface area contributed by atoms with Gasteiger partial charge in [0.1, 0.15) is 0 Å². The molecule has 0 spiro atoms. The van der Waals surface area contributed by atoms with Crippen LogP contribution in [-0.2, 0) is 13.6 Å². The van der Waals surface area contributed by atoms with Crippen LogP contribution in [0.5, 0.6) is 0 Å². The number of nitrogens with zero attached hydrogens (tertiary/aromatic N) is 2. The molecule has 0 bridgehead atoms. The molecule has 1 aromatic heterocycles. The van der Waals surface area contributed by atoms with Gasteiger partial charge in [-0.15, -0.1) is 0 Å². The topological polar surface area (TPSA) is 43.8 Å². The van der Waals surface area contributed by atoms with E-state index in [1.807, 2.05) is 53.3 Å². The third-order valence-corrected chi connectivity index (χ3v) is 1.93. The van der Waals surface area contributed by atoms with Crippen molar-refractivity contribution in [1.29, 1.82) is 0 Å². The minimum Gasteiger partial charge on any atom is -0.325 e. The zero-order valence-corrected chi connectivity index (χ0v) is 10.7. The van der Waals surface area contributed by atoms with Gasteiger partial charge in [-0.1, -0.05) is 27.7 Å². The van der Waals surface area contributed by atoms with Crippen LogP contribution in [0.3, 0.4) is 0 Å². The van der Waals surface area contributed by atoms with Gasteiger partial charge in [0.2, 0.25) is 0 Å². The van der Waals surface area contributed by atoms with Gasteiger partial charge in [0.25, 0.3) is 0 Å². The minimum atomic E-state index is 0.535. The van der Waals surface area contributed by atoms with E-state index in [9.17, 15) is 0 Å². The molecule has 1 aromatic rings. The fourth-order valence-corrected chi connectivity index (χ4v) is 0.977. The summed E-state index contributed by atoms with van der Waals surface area (Å²) in [6, 6.07) is 0. The number of hydrogen-bond donors (Lipinski definition) is 1. The van der Waals surface area contributed by atoms with Crippen LogP contribution in [0.25, 0.3) is 0 Å². The summed E-state index contributed by atoms with van der Waals surface area (Å²) in [4.78, 5) is 0. The number of rotatable bonds is 1. The molecule has 0 saturated carbocycles. The van der Waals surface area contributed by atoms with Crippen molar-refractivity contribution in [3.8, 4) is 0 Å².